The van der Waals surface area contributed by atoms with Crippen molar-refractivity contribution in [1.29, 1.82) is 0 Å². The molecule has 170 valence electrons. The van der Waals surface area contributed by atoms with E-state index in [1.54, 1.807) is 36.4 Å². The van der Waals surface area contributed by atoms with Crippen LogP contribution in [0.25, 0.3) is 0 Å². The molecule has 1 N–H and O–H groups in total. The first kappa shape index (κ1) is 23.1. The molecule has 3 aromatic carbocycles. The summed E-state index contributed by atoms with van der Waals surface area (Å²) in [7, 11) is 0. The van der Waals surface area contributed by atoms with Gasteiger partial charge in [-0.2, -0.15) is 0 Å². The highest BCUT2D eigenvalue weighted by Gasteiger charge is 2.29. The van der Waals surface area contributed by atoms with Crippen molar-refractivity contribution in [2.24, 2.45) is 0 Å². The molecule has 1 atom stereocenters. The third-order valence-electron chi connectivity index (χ3n) is 5.39. The normalized spacial score (nSPS) is 14.7. The van der Waals surface area contributed by atoms with Crippen LogP contribution in [0, 0.1) is 0 Å². The minimum Gasteiger partial charge on any atom is -0.493 e. The summed E-state index contributed by atoms with van der Waals surface area (Å²) in [6.07, 6.45) is 1.13. The lowest BCUT2D eigenvalue weighted by atomic mass is 9.93. The second-order valence-corrected chi connectivity index (χ2v) is 8.86. The summed E-state index contributed by atoms with van der Waals surface area (Å²) in [5, 5.41) is 9.71. The molecule has 1 aliphatic rings. The van der Waals surface area contributed by atoms with Crippen LogP contribution in [-0.4, -0.2) is 34.1 Å². The average molecular weight is 531 g/mol. The molecule has 0 fully saturated rings. The number of carboxylic acids is 1. The first-order chi connectivity index (χ1) is 15.9. The van der Waals surface area contributed by atoms with E-state index in [9.17, 15) is 14.7 Å². The van der Waals surface area contributed by atoms with Crippen molar-refractivity contribution in [3.8, 4) is 17.2 Å². The quantitative estimate of drug-likeness (QED) is 0.375. The van der Waals surface area contributed by atoms with Crippen LogP contribution in [0.2, 0.25) is 5.02 Å². The van der Waals surface area contributed by atoms with Crippen LogP contribution in [0.1, 0.15) is 33.8 Å². The number of nitrogens with zero attached hydrogens (tertiary/aromatic N) is 1. The second kappa shape index (κ2) is 10.3. The van der Waals surface area contributed by atoms with Gasteiger partial charge in [0.15, 0.2) is 0 Å². The maximum atomic E-state index is 12.7. The number of carboxylic acid groups (broad SMARTS) is 1. The highest BCUT2D eigenvalue weighted by atomic mass is 79.9. The van der Waals surface area contributed by atoms with E-state index in [4.69, 9.17) is 21.1 Å². The van der Waals surface area contributed by atoms with Crippen LogP contribution >= 0.6 is 27.7 Å². The molecule has 33 heavy (non-hydrogen) atoms. The van der Waals surface area contributed by atoms with Crippen LogP contribution in [0.5, 0.6) is 17.2 Å². The summed E-state index contributed by atoms with van der Waals surface area (Å²) in [5.74, 6) is -0.422. The Kier molecular flexibility index (Phi) is 7.20. The molecule has 1 amide bonds. The lowest BCUT2D eigenvalue weighted by molar-refractivity contribution is -0.139. The maximum Gasteiger partial charge on any atom is 0.311 e. The van der Waals surface area contributed by atoms with E-state index >= 15 is 0 Å². The molecule has 0 saturated heterocycles. The first-order valence-electron chi connectivity index (χ1n) is 10.4. The van der Waals surface area contributed by atoms with Crippen molar-refractivity contribution in [3.05, 3.63) is 88.4 Å². The number of fused-ring (bicyclic) bond motifs is 1. The van der Waals surface area contributed by atoms with Gasteiger partial charge >= 0.3 is 5.97 Å². The zero-order valence-corrected chi connectivity index (χ0v) is 19.9. The van der Waals surface area contributed by atoms with Gasteiger partial charge in [0.1, 0.15) is 17.2 Å². The highest BCUT2D eigenvalue weighted by molar-refractivity contribution is 9.07. The summed E-state index contributed by atoms with van der Waals surface area (Å²) in [6, 6.07) is 19.9. The molecule has 1 heterocycles. The van der Waals surface area contributed by atoms with Gasteiger partial charge in [-0.1, -0.05) is 41.9 Å². The van der Waals surface area contributed by atoms with Gasteiger partial charge in [0.25, 0.3) is 5.91 Å². The minimum absolute atomic E-state index is 0.155. The van der Waals surface area contributed by atoms with E-state index in [0.717, 1.165) is 12.0 Å². The van der Waals surface area contributed by atoms with Crippen LogP contribution < -0.4 is 9.47 Å². The van der Waals surface area contributed by atoms with Crippen molar-refractivity contribution in [2.75, 3.05) is 13.2 Å². The second-order valence-electron chi connectivity index (χ2n) is 7.60. The van der Waals surface area contributed by atoms with Crippen LogP contribution in [0.4, 0.5) is 0 Å². The number of benzene rings is 3. The van der Waals surface area contributed by atoms with Crippen LogP contribution in [0.3, 0.4) is 0 Å². The Hall–Kier alpha value is -3.03. The van der Waals surface area contributed by atoms with E-state index in [0.29, 0.717) is 47.9 Å². The molecule has 1 aliphatic heterocycles. The third kappa shape index (κ3) is 5.49. The third-order valence-corrected chi connectivity index (χ3v) is 6.36. The zero-order valence-electron chi connectivity index (χ0n) is 17.5. The van der Waals surface area contributed by atoms with E-state index in [2.05, 4.69) is 16.1 Å². The molecule has 0 aromatic heterocycles. The van der Waals surface area contributed by atoms with Crippen molar-refractivity contribution < 1.29 is 24.2 Å². The number of hydrogen-bond acceptors (Lipinski definition) is 4. The molecule has 0 spiro atoms. The fraction of sp³-hybridized carbons (Fsp3) is 0.200. The summed E-state index contributed by atoms with van der Waals surface area (Å²) < 4.78 is 13.0. The average Bonchev–Trinajstić information content (AvgIpc) is 2.83. The number of rotatable bonds is 7. The van der Waals surface area contributed by atoms with Gasteiger partial charge in [-0.25, -0.2) is 0 Å². The summed E-state index contributed by atoms with van der Waals surface area (Å²) >= 11 is 9.70. The van der Waals surface area contributed by atoms with Crippen molar-refractivity contribution in [3.63, 3.8) is 0 Å². The molecule has 0 radical (unpaired) electrons. The molecule has 8 heteroatoms. The molecular weight excluding hydrogens is 510 g/mol. The molecule has 3 aromatic rings. The lowest BCUT2D eigenvalue weighted by Crippen LogP contribution is -2.23. The predicted molar refractivity (Wildman–Crippen MR) is 129 cm³/mol. The summed E-state index contributed by atoms with van der Waals surface area (Å²) in [5.41, 5.74) is 2.20. The van der Waals surface area contributed by atoms with E-state index in [1.807, 2.05) is 30.3 Å². The molecule has 0 bridgehead atoms. The Morgan fingerprint density at radius 1 is 1.12 bits per heavy atom. The van der Waals surface area contributed by atoms with Gasteiger partial charge in [0, 0.05) is 23.7 Å². The monoisotopic (exact) mass is 529 g/mol. The van der Waals surface area contributed by atoms with Gasteiger partial charge in [-0.3, -0.25) is 13.5 Å². The number of aliphatic carboxylic acids is 1. The lowest BCUT2D eigenvalue weighted by Gasteiger charge is -2.24. The molecule has 6 nitrogen and oxygen atoms in total. The van der Waals surface area contributed by atoms with E-state index in [1.165, 1.54) is 3.93 Å². The highest BCUT2D eigenvalue weighted by Crippen LogP contribution is 2.41. The molecular formula is C25H21BrClNO5. The Balaban J connectivity index is 1.42. The predicted octanol–water partition coefficient (Wildman–Crippen LogP) is 6.08. The maximum absolute atomic E-state index is 12.7. The van der Waals surface area contributed by atoms with Crippen LogP contribution in [0.15, 0.2) is 66.7 Å². The number of carbonyl (C=O) groups is 2. The number of halogens is 2. The van der Waals surface area contributed by atoms with E-state index < -0.39 is 11.9 Å². The molecule has 4 rings (SSSR count). The number of ether oxygens (including phenoxy) is 2. The number of carbonyl (C=O) groups excluding carboxylic acids is 1. The standard InChI is InChI=1S/C25H21BrClNO5/c26-28(12-10-16-4-2-1-3-5-16)24(29)17-6-8-18(9-7-17)33-23-15-22-20(14-21(23)27)19(25(30)31)11-13-32-22/h1-9,14-15,19H,10-13H2,(H,30,31). The summed E-state index contributed by atoms with van der Waals surface area (Å²) in [6.45, 7) is 0.846. The smallest absolute Gasteiger partial charge is 0.311 e. The van der Waals surface area contributed by atoms with Crippen molar-refractivity contribution in [2.45, 2.75) is 18.8 Å². The first-order valence-corrected chi connectivity index (χ1v) is 11.5. The molecule has 1 unspecified atom stereocenters. The van der Waals surface area contributed by atoms with E-state index in [-0.39, 0.29) is 10.9 Å². The Bertz CT molecular complexity index is 1150. The van der Waals surface area contributed by atoms with Gasteiger partial charge in [0.05, 0.1) is 33.7 Å². The Morgan fingerprint density at radius 3 is 2.55 bits per heavy atom. The van der Waals surface area contributed by atoms with Gasteiger partial charge in [-0.05, 0) is 48.7 Å². The van der Waals surface area contributed by atoms with Crippen molar-refractivity contribution >= 4 is 39.6 Å². The van der Waals surface area contributed by atoms with Gasteiger partial charge in [-0.15, -0.1) is 0 Å². The zero-order chi connectivity index (χ0) is 23.4. The largest absolute Gasteiger partial charge is 0.493 e. The number of hydrogen-bond donors (Lipinski definition) is 1. The SMILES string of the molecule is O=C(O)C1CCOc2cc(Oc3ccc(C(=O)N(Br)CCc4ccccc4)cc3)c(Cl)cc21. The Labute approximate surface area is 205 Å². The fourth-order valence-corrected chi connectivity index (χ4v) is 4.22. The van der Waals surface area contributed by atoms with Gasteiger partial charge < -0.3 is 14.6 Å². The van der Waals surface area contributed by atoms with Gasteiger partial charge in [0.2, 0.25) is 0 Å². The number of amides is 1. The molecule has 0 aliphatic carbocycles. The topological polar surface area (TPSA) is 76.1 Å². The summed E-state index contributed by atoms with van der Waals surface area (Å²) in [4.78, 5) is 24.2. The fourth-order valence-electron chi connectivity index (χ4n) is 3.63. The minimum atomic E-state index is -0.908. The van der Waals surface area contributed by atoms with Crippen LogP contribution in [-0.2, 0) is 11.2 Å². The van der Waals surface area contributed by atoms with Crippen molar-refractivity contribution in [1.82, 2.24) is 3.93 Å². The molecule has 0 saturated carbocycles. The Morgan fingerprint density at radius 2 is 1.85 bits per heavy atom.